The van der Waals surface area contributed by atoms with Crippen LogP contribution in [0.2, 0.25) is 0 Å². The fourth-order valence-corrected chi connectivity index (χ4v) is 4.50. The third kappa shape index (κ3) is 4.01. The van der Waals surface area contributed by atoms with Gasteiger partial charge in [-0.05, 0) is 6.07 Å². The second-order valence-electron chi connectivity index (χ2n) is 4.80. The fourth-order valence-electron chi connectivity index (χ4n) is 1.96. The number of carbonyl (C=O) groups excluding carboxylic acids is 1. The Labute approximate surface area is 128 Å². The molecule has 1 aliphatic heterocycles. The van der Waals surface area contributed by atoms with Crippen molar-refractivity contribution in [3.05, 3.63) is 17.0 Å². The number of nitrogens with two attached hydrogens (primary N) is 1. The van der Waals surface area contributed by atoms with Crippen molar-refractivity contribution in [2.75, 3.05) is 46.4 Å². The minimum Gasteiger partial charge on any atom is -0.379 e. The number of sulfonamides is 1. The lowest BCUT2D eigenvalue weighted by molar-refractivity contribution is 0.0368. The van der Waals surface area contributed by atoms with E-state index in [-0.39, 0.29) is 9.77 Å². The summed E-state index contributed by atoms with van der Waals surface area (Å²) in [5, 5.41) is 1.46. The molecule has 0 spiro atoms. The van der Waals surface area contributed by atoms with Gasteiger partial charge in [0.25, 0.3) is 10.0 Å². The molecule has 0 saturated carbocycles. The Hall–Kier alpha value is -1.00. The zero-order valence-electron chi connectivity index (χ0n) is 11.8. The molecule has 2 rings (SSSR count). The van der Waals surface area contributed by atoms with Crippen LogP contribution in [0.3, 0.4) is 0 Å². The summed E-state index contributed by atoms with van der Waals surface area (Å²) in [6, 6.07) is 1.33. The van der Waals surface area contributed by atoms with Gasteiger partial charge < -0.3 is 10.5 Å². The van der Waals surface area contributed by atoms with Gasteiger partial charge in [0, 0.05) is 38.6 Å². The van der Waals surface area contributed by atoms with E-state index in [2.05, 4.69) is 4.90 Å². The molecule has 21 heavy (non-hydrogen) atoms. The summed E-state index contributed by atoms with van der Waals surface area (Å²) in [4.78, 5) is 13.2. The van der Waals surface area contributed by atoms with E-state index in [1.807, 2.05) is 0 Å². The highest BCUT2D eigenvalue weighted by Crippen LogP contribution is 2.23. The summed E-state index contributed by atoms with van der Waals surface area (Å²) < 4.78 is 31.5. The van der Waals surface area contributed by atoms with Gasteiger partial charge in [0.05, 0.1) is 18.8 Å². The molecule has 1 aromatic rings. The molecule has 0 radical (unpaired) electrons. The monoisotopic (exact) mass is 333 g/mol. The topological polar surface area (TPSA) is 92.9 Å². The van der Waals surface area contributed by atoms with Crippen LogP contribution in [-0.2, 0) is 14.8 Å². The molecule has 0 atom stereocenters. The number of carbonyl (C=O) groups is 1. The van der Waals surface area contributed by atoms with Crippen LogP contribution in [0.1, 0.15) is 10.4 Å². The van der Waals surface area contributed by atoms with Gasteiger partial charge in [0.15, 0.2) is 0 Å². The minimum absolute atomic E-state index is 0.140. The summed E-state index contributed by atoms with van der Waals surface area (Å²) >= 11 is 1.01. The van der Waals surface area contributed by atoms with Gasteiger partial charge in [-0.2, -0.15) is 4.31 Å². The molecule has 1 saturated heterocycles. The predicted molar refractivity (Wildman–Crippen MR) is 79.9 cm³/mol. The second-order valence-corrected chi connectivity index (χ2v) is 7.98. The third-order valence-electron chi connectivity index (χ3n) is 3.36. The molecular formula is C12H19N3O4S2. The molecule has 118 valence electrons. The van der Waals surface area contributed by atoms with Crippen molar-refractivity contribution in [1.82, 2.24) is 9.21 Å². The first-order valence-corrected chi connectivity index (χ1v) is 8.88. The fraction of sp³-hybridized carbons (Fsp3) is 0.583. The molecule has 0 bridgehead atoms. The van der Waals surface area contributed by atoms with Gasteiger partial charge in [-0.25, -0.2) is 8.42 Å². The Morgan fingerprint density at radius 3 is 2.71 bits per heavy atom. The second kappa shape index (κ2) is 6.84. The van der Waals surface area contributed by atoms with Crippen LogP contribution in [0, 0.1) is 0 Å². The largest absolute Gasteiger partial charge is 0.379 e. The number of primary amides is 1. The molecule has 1 aromatic heterocycles. The summed E-state index contributed by atoms with van der Waals surface area (Å²) in [6.07, 6.45) is 0. The van der Waals surface area contributed by atoms with E-state index in [1.165, 1.54) is 15.8 Å². The van der Waals surface area contributed by atoms with Crippen LogP contribution < -0.4 is 5.73 Å². The Balaban J connectivity index is 1.98. The van der Waals surface area contributed by atoms with Crippen molar-refractivity contribution in [3.63, 3.8) is 0 Å². The Kier molecular flexibility index (Phi) is 5.33. The number of hydrogen-bond acceptors (Lipinski definition) is 6. The van der Waals surface area contributed by atoms with Gasteiger partial charge in [0.2, 0.25) is 5.91 Å². The van der Waals surface area contributed by atoms with E-state index in [4.69, 9.17) is 10.5 Å². The molecular weight excluding hydrogens is 314 g/mol. The average molecular weight is 333 g/mol. The number of hydrogen-bond donors (Lipinski definition) is 1. The van der Waals surface area contributed by atoms with Crippen LogP contribution >= 0.6 is 11.3 Å². The molecule has 1 aliphatic rings. The SMILES string of the molecule is CN(CCN1CCOCC1)S(=O)(=O)c1cc(C(N)=O)cs1. The first-order chi connectivity index (χ1) is 9.91. The van der Waals surface area contributed by atoms with Gasteiger partial charge in [-0.1, -0.05) is 0 Å². The number of nitrogens with zero attached hydrogens (tertiary/aromatic N) is 2. The summed E-state index contributed by atoms with van der Waals surface area (Å²) in [7, 11) is -2.03. The lowest BCUT2D eigenvalue weighted by Gasteiger charge is -2.28. The first kappa shape index (κ1) is 16.4. The Bertz CT molecular complexity index is 593. The van der Waals surface area contributed by atoms with Crippen molar-refractivity contribution >= 4 is 27.3 Å². The number of morpholine rings is 1. The van der Waals surface area contributed by atoms with Gasteiger partial charge >= 0.3 is 0 Å². The molecule has 7 nitrogen and oxygen atoms in total. The van der Waals surface area contributed by atoms with Crippen molar-refractivity contribution in [2.24, 2.45) is 5.73 Å². The van der Waals surface area contributed by atoms with E-state index in [9.17, 15) is 13.2 Å². The Morgan fingerprint density at radius 1 is 1.48 bits per heavy atom. The van der Waals surface area contributed by atoms with Crippen molar-refractivity contribution in [1.29, 1.82) is 0 Å². The lowest BCUT2D eigenvalue weighted by atomic mass is 10.3. The van der Waals surface area contributed by atoms with Crippen molar-refractivity contribution in [3.8, 4) is 0 Å². The standard InChI is InChI=1S/C12H19N3O4S2/c1-14(2-3-15-4-6-19-7-5-15)21(17,18)11-8-10(9-20-11)12(13)16/h8-9H,2-7H2,1H3,(H2,13,16). The van der Waals surface area contributed by atoms with Crippen LogP contribution in [0.15, 0.2) is 15.7 Å². The highest BCUT2D eigenvalue weighted by atomic mass is 32.2. The van der Waals surface area contributed by atoms with Crippen molar-refractivity contribution < 1.29 is 17.9 Å². The molecule has 2 N–H and O–H groups in total. The first-order valence-electron chi connectivity index (χ1n) is 6.56. The quantitative estimate of drug-likeness (QED) is 0.778. The van der Waals surface area contributed by atoms with Crippen molar-refractivity contribution in [2.45, 2.75) is 4.21 Å². The normalized spacial score (nSPS) is 17.2. The van der Waals surface area contributed by atoms with Crippen LogP contribution in [0.5, 0.6) is 0 Å². The number of ether oxygens (including phenoxy) is 1. The molecule has 9 heteroatoms. The van der Waals surface area contributed by atoms with E-state index in [1.54, 1.807) is 7.05 Å². The number of likely N-dealkylation sites (N-methyl/N-ethyl adjacent to an activating group) is 1. The number of thiophene rings is 1. The maximum Gasteiger partial charge on any atom is 0.252 e. The van der Waals surface area contributed by atoms with E-state index < -0.39 is 15.9 Å². The maximum atomic E-state index is 12.4. The average Bonchev–Trinajstić information content (AvgIpc) is 2.96. The predicted octanol–water partition coefficient (Wildman–Crippen LogP) is -0.200. The Morgan fingerprint density at radius 2 is 2.14 bits per heavy atom. The van der Waals surface area contributed by atoms with Crippen LogP contribution in [0.4, 0.5) is 0 Å². The minimum atomic E-state index is -3.57. The van der Waals surface area contributed by atoms with Gasteiger partial charge in [-0.3, -0.25) is 9.69 Å². The molecule has 0 unspecified atom stereocenters. The van der Waals surface area contributed by atoms with E-state index >= 15 is 0 Å². The van der Waals surface area contributed by atoms with Crippen LogP contribution in [-0.4, -0.2) is 70.0 Å². The molecule has 0 aromatic carbocycles. The summed E-state index contributed by atoms with van der Waals surface area (Å²) in [6.45, 7) is 4.06. The smallest absolute Gasteiger partial charge is 0.252 e. The maximum absolute atomic E-state index is 12.4. The molecule has 2 heterocycles. The lowest BCUT2D eigenvalue weighted by Crippen LogP contribution is -2.41. The zero-order valence-corrected chi connectivity index (χ0v) is 13.5. The highest BCUT2D eigenvalue weighted by molar-refractivity contribution is 7.91. The highest BCUT2D eigenvalue weighted by Gasteiger charge is 2.24. The zero-order chi connectivity index (χ0) is 15.5. The molecule has 1 fully saturated rings. The summed E-state index contributed by atoms with van der Waals surface area (Å²) in [5.74, 6) is -0.622. The number of amides is 1. The third-order valence-corrected chi connectivity index (χ3v) is 6.63. The molecule has 0 aliphatic carbocycles. The number of rotatable bonds is 6. The summed E-state index contributed by atoms with van der Waals surface area (Å²) in [5.41, 5.74) is 5.37. The molecule has 1 amide bonds. The van der Waals surface area contributed by atoms with Gasteiger partial charge in [0.1, 0.15) is 4.21 Å². The van der Waals surface area contributed by atoms with E-state index in [0.29, 0.717) is 26.3 Å². The van der Waals surface area contributed by atoms with E-state index in [0.717, 1.165) is 24.4 Å². The van der Waals surface area contributed by atoms with Crippen LogP contribution in [0.25, 0.3) is 0 Å². The van der Waals surface area contributed by atoms with Gasteiger partial charge in [-0.15, -0.1) is 11.3 Å².